The summed E-state index contributed by atoms with van der Waals surface area (Å²) in [5.41, 5.74) is 1.37. The van der Waals surface area contributed by atoms with Crippen molar-refractivity contribution in [1.29, 1.82) is 0 Å². The fourth-order valence-electron chi connectivity index (χ4n) is 3.34. The summed E-state index contributed by atoms with van der Waals surface area (Å²) in [5, 5.41) is 0.672. The van der Waals surface area contributed by atoms with Gasteiger partial charge in [0, 0.05) is 35.6 Å². The molecule has 0 saturated heterocycles. The maximum Gasteiger partial charge on any atom is 0.416 e. The van der Waals surface area contributed by atoms with Crippen molar-refractivity contribution in [2.75, 3.05) is 6.54 Å². The number of amides is 1. The van der Waals surface area contributed by atoms with E-state index >= 15 is 0 Å². The van der Waals surface area contributed by atoms with Gasteiger partial charge in [-0.05, 0) is 54.4 Å². The van der Waals surface area contributed by atoms with Crippen LogP contribution in [0.25, 0.3) is 0 Å². The predicted octanol–water partition coefficient (Wildman–Crippen LogP) is 6.65. The third kappa shape index (κ3) is 5.91. The Morgan fingerprint density at radius 3 is 2.39 bits per heavy atom. The van der Waals surface area contributed by atoms with Crippen molar-refractivity contribution < 1.29 is 18.0 Å². The van der Waals surface area contributed by atoms with Gasteiger partial charge in [-0.1, -0.05) is 43.1 Å². The van der Waals surface area contributed by atoms with Gasteiger partial charge in [0.1, 0.15) is 0 Å². The standard InChI is InChI=1S/C24H24ClF3N2O/c1-2-3-14-30(23(31)18-10-12-20(13-11-18)24(26,27)28)17-21-8-6-15-29(21)16-19-7-4-5-9-22(19)25/h4-13,15H,2-3,14,16-17H2,1H3. The first-order chi connectivity index (χ1) is 14.8. The van der Waals surface area contributed by atoms with Gasteiger partial charge < -0.3 is 9.47 Å². The highest BCUT2D eigenvalue weighted by Crippen LogP contribution is 2.29. The molecule has 0 N–H and O–H groups in total. The first-order valence-corrected chi connectivity index (χ1v) is 10.5. The van der Waals surface area contributed by atoms with Crippen molar-refractivity contribution >= 4 is 17.5 Å². The highest BCUT2D eigenvalue weighted by Gasteiger charge is 2.30. The van der Waals surface area contributed by atoms with Crippen LogP contribution < -0.4 is 0 Å². The molecule has 3 aromatic rings. The summed E-state index contributed by atoms with van der Waals surface area (Å²) >= 11 is 6.29. The van der Waals surface area contributed by atoms with Crippen molar-refractivity contribution in [2.45, 2.75) is 39.0 Å². The molecule has 0 bridgehead atoms. The molecule has 2 aromatic carbocycles. The first kappa shape index (κ1) is 22.9. The number of nitrogens with zero attached hydrogens (tertiary/aromatic N) is 2. The molecule has 0 unspecified atom stereocenters. The van der Waals surface area contributed by atoms with E-state index in [1.165, 1.54) is 12.1 Å². The summed E-state index contributed by atoms with van der Waals surface area (Å²) in [4.78, 5) is 14.8. The van der Waals surface area contributed by atoms with Crippen LogP contribution in [-0.4, -0.2) is 21.9 Å². The van der Waals surface area contributed by atoms with E-state index in [-0.39, 0.29) is 11.5 Å². The molecule has 164 valence electrons. The zero-order chi connectivity index (χ0) is 22.4. The van der Waals surface area contributed by atoms with Crippen LogP contribution in [0.2, 0.25) is 5.02 Å². The zero-order valence-corrected chi connectivity index (χ0v) is 18.0. The van der Waals surface area contributed by atoms with E-state index < -0.39 is 11.7 Å². The van der Waals surface area contributed by atoms with Crippen molar-refractivity contribution in [3.05, 3.63) is 94.3 Å². The number of halogens is 4. The summed E-state index contributed by atoms with van der Waals surface area (Å²) < 4.78 is 40.6. The minimum Gasteiger partial charge on any atom is -0.345 e. The Morgan fingerprint density at radius 1 is 1.03 bits per heavy atom. The third-order valence-corrected chi connectivity index (χ3v) is 5.47. The molecule has 0 spiro atoms. The Bertz CT molecular complexity index is 1010. The number of aromatic nitrogens is 1. The normalized spacial score (nSPS) is 11.5. The van der Waals surface area contributed by atoms with Gasteiger partial charge in [-0.15, -0.1) is 0 Å². The van der Waals surface area contributed by atoms with Crippen LogP contribution >= 0.6 is 11.6 Å². The van der Waals surface area contributed by atoms with E-state index in [1.54, 1.807) is 4.90 Å². The van der Waals surface area contributed by atoms with E-state index in [4.69, 9.17) is 11.6 Å². The Kier molecular flexibility index (Phi) is 7.44. The van der Waals surface area contributed by atoms with Gasteiger partial charge >= 0.3 is 6.18 Å². The highest BCUT2D eigenvalue weighted by molar-refractivity contribution is 6.31. The van der Waals surface area contributed by atoms with Crippen molar-refractivity contribution in [1.82, 2.24) is 9.47 Å². The lowest BCUT2D eigenvalue weighted by molar-refractivity contribution is -0.137. The number of carbonyl (C=O) groups is 1. The number of benzene rings is 2. The quantitative estimate of drug-likeness (QED) is 0.378. The van der Waals surface area contributed by atoms with Crippen molar-refractivity contribution in [3.63, 3.8) is 0 Å². The maximum atomic E-state index is 13.1. The van der Waals surface area contributed by atoms with E-state index in [0.717, 1.165) is 36.2 Å². The second-order valence-corrected chi connectivity index (χ2v) is 7.78. The molecule has 3 rings (SSSR count). The second kappa shape index (κ2) is 10.1. The molecule has 1 amide bonds. The van der Waals surface area contributed by atoms with Crippen LogP contribution in [0.15, 0.2) is 66.9 Å². The minimum atomic E-state index is -4.43. The molecule has 7 heteroatoms. The second-order valence-electron chi connectivity index (χ2n) is 7.37. The topological polar surface area (TPSA) is 25.2 Å². The molecule has 0 radical (unpaired) electrons. The van der Waals surface area contributed by atoms with Gasteiger partial charge in [-0.3, -0.25) is 4.79 Å². The molecule has 0 aliphatic carbocycles. The van der Waals surface area contributed by atoms with E-state index in [1.807, 2.05) is 54.1 Å². The summed E-state index contributed by atoms with van der Waals surface area (Å²) in [7, 11) is 0. The molecule has 1 heterocycles. The van der Waals surface area contributed by atoms with Crippen LogP contribution in [0.3, 0.4) is 0 Å². The van der Waals surface area contributed by atoms with Gasteiger partial charge in [-0.25, -0.2) is 0 Å². The van der Waals surface area contributed by atoms with Crippen LogP contribution in [-0.2, 0) is 19.3 Å². The molecule has 31 heavy (non-hydrogen) atoms. The Hall–Kier alpha value is -2.73. The summed E-state index contributed by atoms with van der Waals surface area (Å²) in [6.45, 7) is 3.48. The van der Waals surface area contributed by atoms with Gasteiger partial charge in [-0.2, -0.15) is 13.2 Å². The average Bonchev–Trinajstić information content (AvgIpc) is 3.18. The van der Waals surface area contributed by atoms with Gasteiger partial charge in [0.25, 0.3) is 5.91 Å². The average molecular weight is 449 g/mol. The largest absolute Gasteiger partial charge is 0.416 e. The van der Waals surface area contributed by atoms with Gasteiger partial charge in [0.15, 0.2) is 0 Å². The van der Waals surface area contributed by atoms with Crippen molar-refractivity contribution in [2.24, 2.45) is 0 Å². The smallest absolute Gasteiger partial charge is 0.345 e. The molecular weight excluding hydrogens is 425 g/mol. The Morgan fingerprint density at radius 2 is 1.74 bits per heavy atom. The number of hydrogen-bond donors (Lipinski definition) is 0. The number of alkyl halides is 3. The lowest BCUT2D eigenvalue weighted by Gasteiger charge is -2.24. The van der Waals surface area contributed by atoms with Crippen LogP contribution in [0, 0.1) is 0 Å². The maximum absolute atomic E-state index is 13.1. The molecule has 0 aliphatic rings. The van der Waals surface area contributed by atoms with Crippen LogP contribution in [0.4, 0.5) is 13.2 Å². The van der Waals surface area contributed by atoms with E-state index in [2.05, 4.69) is 0 Å². The molecule has 0 atom stereocenters. The van der Waals surface area contributed by atoms with Crippen LogP contribution in [0.1, 0.15) is 46.9 Å². The first-order valence-electron chi connectivity index (χ1n) is 10.1. The molecule has 0 fully saturated rings. The number of unbranched alkanes of at least 4 members (excludes halogenated alkanes) is 1. The summed E-state index contributed by atoms with van der Waals surface area (Å²) in [6, 6.07) is 15.8. The van der Waals surface area contributed by atoms with Gasteiger partial charge in [0.2, 0.25) is 0 Å². The fraction of sp³-hybridized carbons (Fsp3) is 0.292. The monoisotopic (exact) mass is 448 g/mol. The molecule has 3 nitrogen and oxygen atoms in total. The number of carbonyl (C=O) groups excluding carboxylic acids is 1. The SMILES string of the molecule is CCCCN(Cc1cccn1Cc1ccccc1Cl)C(=O)c1ccc(C(F)(F)F)cc1. The van der Waals surface area contributed by atoms with Gasteiger partial charge in [0.05, 0.1) is 12.1 Å². The number of rotatable bonds is 8. The predicted molar refractivity (Wildman–Crippen MR) is 116 cm³/mol. The van der Waals surface area contributed by atoms with E-state index in [9.17, 15) is 18.0 Å². The number of hydrogen-bond acceptors (Lipinski definition) is 1. The summed E-state index contributed by atoms with van der Waals surface area (Å²) in [5.74, 6) is -0.285. The lowest BCUT2D eigenvalue weighted by atomic mass is 10.1. The fourth-order valence-corrected chi connectivity index (χ4v) is 3.53. The molecular formula is C24H24ClF3N2O. The molecule has 1 aromatic heterocycles. The lowest BCUT2D eigenvalue weighted by Crippen LogP contribution is -2.32. The van der Waals surface area contributed by atoms with E-state index in [0.29, 0.717) is 24.7 Å². The zero-order valence-electron chi connectivity index (χ0n) is 17.2. The Balaban J connectivity index is 1.80. The van der Waals surface area contributed by atoms with Crippen molar-refractivity contribution in [3.8, 4) is 0 Å². The Labute approximate surface area is 185 Å². The minimum absolute atomic E-state index is 0.244. The van der Waals surface area contributed by atoms with Crippen LogP contribution in [0.5, 0.6) is 0 Å². The third-order valence-electron chi connectivity index (χ3n) is 5.10. The highest BCUT2D eigenvalue weighted by atomic mass is 35.5. The summed E-state index contributed by atoms with van der Waals surface area (Å²) in [6.07, 6.45) is -0.794. The molecule has 0 aliphatic heterocycles. The molecule has 0 saturated carbocycles.